The average Bonchev–Trinajstić information content (AvgIpc) is 2.72. The normalized spacial score (nSPS) is 13.8. The summed E-state index contributed by atoms with van der Waals surface area (Å²) in [6.07, 6.45) is 0.400. The summed E-state index contributed by atoms with van der Waals surface area (Å²) in [7, 11) is 1.36. The van der Waals surface area contributed by atoms with Crippen LogP contribution in [0.5, 0.6) is 17.2 Å². The number of aromatic hydroxyl groups is 1. The van der Waals surface area contributed by atoms with Crippen molar-refractivity contribution in [2.24, 2.45) is 5.92 Å². The lowest BCUT2D eigenvalue weighted by atomic mass is 10.0. The van der Waals surface area contributed by atoms with Gasteiger partial charge in [0, 0.05) is 12.3 Å². The molecule has 1 aromatic heterocycles. The third-order valence-electron chi connectivity index (χ3n) is 4.46. The number of ether oxygens (including phenoxy) is 3. The molecule has 0 radical (unpaired) electrons. The number of hydrogen-bond acceptors (Lipinski definition) is 7. The Morgan fingerprint density at radius 1 is 1.07 bits per heavy atom. The smallest absolute Gasteiger partial charge is 0.328 e. The number of methoxy groups -OCH3 is 1. The van der Waals surface area contributed by atoms with E-state index in [1.54, 1.807) is 0 Å². The van der Waals surface area contributed by atoms with Gasteiger partial charge in [-0.05, 0) is 31.9 Å². The zero-order valence-corrected chi connectivity index (χ0v) is 17.8. The second-order valence-electron chi connectivity index (χ2n) is 7.19. The van der Waals surface area contributed by atoms with Gasteiger partial charge in [-0.3, -0.25) is 4.79 Å². The first-order valence-corrected chi connectivity index (χ1v) is 9.69. The number of aromatic nitrogens is 1. The molecule has 2 rings (SSSR count). The number of pyridine rings is 1. The van der Waals surface area contributed by atoms with Crippen molar-refractivity contribution in [3.8, 4) is 17.2 Å². The Balaban J connectivity index is 2.02. The van der Waals surface area contributed by atoms with Crippen LogP contribution in [-0.2, 0) is 9.53 Å². The molecule has 1 heterocycles. The summed E-state index contributed by atoms with van der Waals surface area (Å²) in [6.45, 7) is 7.17. The molecular formula is C22H28N2O6. The molecule has 1 unspecified atom stereocenters. The van der Waals surface area contributed by atoms with E-state index in [1.807, 2.05) is 51.1 Å². The van der Waals surface area contributed by atoms with Crippen LogP contribution in [0.4, 0.5) is 0 Å². The number of hydrogen-bond donors (Lipinski definition) is 2. The Morgan fingerprint density at radius 2 is 1.73 bits per heavy atom. The molecule has 0 aliphatic rings. The minimum atomic E-state index is -0.963. The first kappa shape index (κ1) is 23.0. The van der Waals surface area contributed by atoms with E-state index in [9.17, 15) is 14.7 Å². The molecule has 2 N–H and O–H groups in total. The standard InChI is InChI=1S/C22H28N2O6/c1-13(2)20(15(4)29-16-9-7-6-8-10-16)30-22(27)14(3)24-21(26)18-19(25)17(28-5)11-12-23-18/h6-15,20,25H,1-5H3,(H,24,26)/t14?,15-,20+/m0/s1. The van der Waals surface area contributed by atoms with Crippen molar-refractivity contribution >= 4 is 11.9 Å². The second kappa shape index (κ2) is 10.5. The second-order valence-corrected chi connectivity index (χ2v) is 7.19. The number of nitrogens with one attached hydrogen (secondary N) is 1. The molecule has 0 spiro atoms. The van der Waals surface area contributed by atoms with Crippen molar-refractivity contribution in [3.63, 3.8) is 0 Å². The fourth-order valence-electron chi connectivity index (χ4n) is 2.88. The number of esters is 1. The Labute approximate surface area is 176 Å². The summed E-state index contributed by atoms with van der Waals surface area (Å²) in [4.78, 5) is 28.9. The third kappa shape index (κ3) is 5.85. The van der Waals surface area contributed by atoms with Crippen molar-refractivity contribution in [3.05, 3.63) is 48.3 Å². The van der Waals surface area contributed by atoms with E-state index in [0.29, 0.717) is 5.75 Å². The SMILES string of the molecule is COc1ccnc(C(=O)NC(C)C(=O)O[C@H](C(C)C)[C@H](C)Oc2ccccc2)c1O. The number of benzene rings is 1. The number of nitrogens with zero attached hydrogens (tertiary/aromatic N) is 1. The van der Waals surface area contributed by atoms with E-state index < -0.39 is 35.9 Å². The van der Waals surface area contributed by atoms with Crippen LogP contribution < -0.4 is 14.8 Å². The molecule has 0 saturated carbocycles. The van der Waals surface area contributed by atoms with Gasteiger partial charge in [-0.1, -0.05) is 32.0 Å². The van der Waals surface area contributed by atoms with Gasteiger partial charge in [0.25, 0.3) is 5.91 Å². The highest BCUT2D eigenvalue weighted by atomic mass is 16.6. The first-order valence-electron chi connectivity index (χ1n) is 9.69. The van der Waals surface area contributed by atoms with Gasteiger partial charge in [0.15, 0.2) is 17.2 Å². The number of para-hydroxylation sites is 1. The minimum Gasteiger partial charge on any atom is -0.503 e. The molecule has 162 valence electrons. The van der Waals surface area contributed by atoms with Crippen LogP contribution in [0.2, 0.25) is 0 Å². The van der Waals surface area contributed by atoms with Gasteiger partial charge in [0.2, 0.25) is 0 Å². The lowest BCUT2D eigenvalue weighted by Crippen LogP contribution is -2.45. The highest BCUT2D eigenvalue weighted by molar-refractivity contribution is 5.97. The van der Waals surface area contributed by atoms with Gasteiger partial charge in [-0.25, -0.2) is 9.78 Å². The van der Waals surface area contributed by atoms with Crippen molar-refractivity contribution < 1.29 is 28.9 Å². The van der Waals surface area contributed by atoms with Crippen LogP contribution >= 0.6 is 0 Å². The van der Waals surface area contributed by atoms with Gasteiger partial charge in [-0.15, -0.1) is 0 Å². The Bertz CT molecular complexity index is 856. The van der Waals surface area contributed by atoms with Gasteiger partial charge in [0.05, 0.1) is 7.11 Å². The van der Waals surface area contributed by atoms with Crippen LogP contribution in [-0.4, -0.2) is 47.3 Å². The van der Waals surface area contributed by atoms with Gasteiger partial charge in [0.1, 0.15) is 24.0 Å². The average molecular weight is 416 g/mol. The predicted octanol–water partition coefficient (Wildman–Crippen LogP) is 2.95. The third-order valence-corrected chi connectivity index (χ3v) is 4.46. The Hall–Kier alpha value is -3.29. The Morgan fingerprint density at radius 3 is 2.33 bits per heavy atom. The van der Waals surface area contributed by atoms with Crippen LogP contribution in [0.3, 0.4) is 0 Å². The minimum absolute atomic E-state index is 0.0142. The van der Waals surface area contributed by atoms with Crippen molar-refractivity contribution in [2.45, 2.75) is 45.9 Å². The molecule has 0 bridgehead atoms. The molecule has 0 saturated heterocycles. The summed E-state index contributed by atoms with van der Waals surface area (Å²) in [5, 5.41) is 12.5. The maximum absolute atomic E-state index is 12.6. The van der Waals surface area contributed by atoms with E-state index in [1.165, 1.54) is 26.3 Å². The van der Waals surface area contributed by atoms with Crippen LogP contribution in [0, 0.1) is 5.92 Å². The van der Waals surface area contributed by atoms with E-state index in [0.717, 1.165) is 0 Å². The van der Waals surface area contributed by atoms with Crippen LogP contribution in [0.25, 0.3) is 0 Å². The molecule has 0 aliphatic carbocycles. The fraction of sp³-hybridized carbons (Fsp3) is 0.409. The highest BCUT2D eigenvalue weighted by Crippen LogP contribution is 2.27. The molecule has 30 heavy (non-hydrogen) atoms. The molecule has 8 heteroatoms. The van der Waals surface area contributed by atoms with Gasteiger partial charge >= 0.3 is 5.97 Å². The van der Waals surface area contributed by atoms with Crippen LogP contribution in [0.15, 0.2) is 42.6 Å². The zero-order chi connectivity index (χ0) is 22.3. The van der Waals surface area contributed by atoms with Gasteiger partial charge in [-0.2, -0.15) is 0 Å². The number of rotatable bonds is 9. The molecule has 8 nitrogen and oxygen atoms in total. The molecule has 0 fully saturated rings. The lowest BCUT2D eigenvalue weighted by Gasteiger charge is -2.29. The molecule has 3 atom stereocenters. The predicted molar refractivity (Wildman–Crippen MR) is 111 cm³/mol. The van der Waals surface area contributed by atoms with E-state index in [4.69, 9.17) is 14.2 Å². The topological polar surface area (TPSA) is 107 Å². The first-order chi connectivity index (χ1) is 14.2. The number of amides is 1. The summed E-state index contributed by atoms with van der Waals surface area (Å²) in [5.41, 5.74) is -0.241. The Kier molecular flexibility index (Phi) is 8.03. The molecule has 2 aromatic rings. The largest absolute Gasteiger partial charge is 0.503 e. The van der Waals surface area contributed by atoms with Crippen molar-refractivity contribution in [1.82, 2.24) is 10.3 Å². The quantitative estimate of drug-likeness (QED) is 0.605. The van der Waals surface area contributed by atoms with Crippen molar-refractivity contribution in [2.75, 3.05) is 7.11 Å². The summed E-state index contributed by atoms with van der Waals surface area (Å²) in [6, 6.07) is 9.71. The molecular weight excluding hydrogens is 388 g/mol. The summed E-state index contributed by atoms with van der Waals surface area (Å²) < 4.78 is 16.5. The maximum atomic E-state index is 12.6. The summed E-state index contributed by atoms with van der Waals surface area (Å²) >= 11 is 0. The number of carbonyl (C=O) groups excluding carboxylic acids is 2. The fourth-order valence-corrected chi connectivity index (χ4v) is 2.88. The molecule has 1 aromatic carbocycles. The van der Waals surface area contributed by atoms with E-state index in [-0.39, 0.29) is 17.4 Å². The van der Waals surface area contributed by atoms with E-state index >= 15 is 0 Å². The lowest BCUT2D eigenvalue weighted by molar-refractivity contribution is -0.158. The van der Waals surface area contributed by atoms with Gasteiger partial charge < -0.3 is 24.6 Å². The van der Waals surface area contributed by atoms with E-state index in [2.05, 4.69) is 10.3 Å². The molecule has 1 amide bonds. The maximum Gasteiger partial charge on any atom is 0.328 e. The summed E-state index contributed by atoms with van der Waals surface area (Å²) in [5.74, 6) is -0.967. The molecule has 0 aliphatic heterocycles. The highest BCUT2D eigenvalue weighted by Gasteiger charge is 2.30. The van der Waals surface area contributed by atoms with Crippen LogP contribution in [0.1, 0.15) is 38.2 Å². The van der Waals surface area contributed by atoms with Crippen molar-refractivity contribution in [1.29, 1.82) is 0 Å². The zero-order valence-electron chi connectivity index (χ0n) is 17.8. The monoisotopic (exact) mass is 416 g/mol. The number of carbonyl (C=O) groups is 2.